The van der Waals surface area contributed by atoms with Gasteiger partial charge < -0.3 is 9.13 Å². The van der Waals surface area contributed by atoms with Gasteiger partial charge >= 0.3 is 0 Å². The number of hydrogen-bond donors (Lipinski definition) is 0. The zero-order chi connectivity index (χ0) is 28.8. The predicted molar refractivity (Wildman–Crippen MR) is 187 cm³/mol. The van der Waals surface area contributed by atoms with Gasteiger partial charge in [-0.2, -0.15) is 0 Å². The van der Waals surface area contributed by atoms with E-state index >= 15 is 0 Å². The van der Waals surface area contributed by atoms with Crippen molar-refractivity contribution in [1.29, 1.82) is 0 Å². The van der Waals surface area contributed by atoms with Crippen LogP contribution < -0.4 is 0 Å². The largest absolute Gasteiger partial charge is 0.316 e. The molecule has 0 aliphatic rings. The molecule has 2 aromatic heterocycles. The van der Waals surface area contributed by atoms with Gasteiger partial charge in [-0.15, -0.1) is 0 Å². The van der Waals surface area contributed by atoms with E-state index in [0.29, 0.717) is 0 Å². The van der Waals surface area contributed by atoms with Gasteiger partial charge in [-0.1, -0.05) is 109 Å². The predicted octanol–water partition coefficient (Wildman–Crippen LogP) is 11.3. The van der Waals surface area contributed by atoms with E-state index in [2.05, 4.69) is 167 Å². The molecule has 0 unspecified atom stereocenters. The van der Waals surface area contributed by atoms with Gasteiger partial charge in [0.15, 0.2) is 0 Å². The molecule has 44 heavy (non-hydrogen) atoms. The summed E-state index contributed by atoms with van der Waals surface area (Å²) in [6.07, 6.45) is 2.22. The summed E-state index contributed by atoms with van der Waals surface area (Å²) in [7, 11) is 0. The standard InChI is InChI=1S/C42H26N2/c1-2-11-31(12-3-1)44-39-15-5-4-14-34(39)36-22-23-38-37(42(36)44)24-25-43(38)32-13-7-10-30(26-32)33-20-18-29-17-16-27-8-6-9-28-19-21-35(33)41(29)40(27)28/h1-26H. The van der Waals surface area contributed by atoms with Crippen molar-refractivity contribution < 1.29 is 0 Å². The van der Waals surface area contributed by atoms with Crippen molar-refractivity contribution in [3.8, 4) is 22.5 Å². The van der Waals surface area contributed by atoms with Crippen LogP contribution in [0.15, 0.2) is 158 Å². The molecule has 2 heteroatoms. The molecular formula is C42H26N2. The molecule has 204 valence electrons. The van der Waals surface area contributed by atoms with Crippen LogP contribution in [0.1, 0.15) is 0 Å². The summed E-state index contributed by atoms with van der Waals surface area (Å²) in [5, 5.41) is 11.7. The lowest BCUT2D eigenvalue weighted by Crippen LogP contribution is -1.95. The van der Waals surface area contributed by atoms with Gasteiger partial charge in [0.1, 0.15) is 0 Å². The summed E-state index contributed by atoms with van der Waals surface area (Å²) in [4.78, 5) is 0. The molecule has 0 saturated carbocycles. The second-order valence-electron chi connectivity index (χ2n) is 11.8. The van der Waals surface area contributed by atoms with Gasteiger partial charge in [-0.25, -0.2) is 0 Å². The highest BCUT2D eigenvalue weighted by Crippen LogP contribution is 2.41. The van der Waals surface area contributed by atoms with Crippen molar-refractivity contribution in [2.24, 2.45) is 0 Å². The third kappa shape index (κ3) is 3.20. The molecule has 0 aliphatic heterocycles. The Labute approximate surface area is 254 Å². The summed E-state index contributed by atoms with van der Waals surface area (Å²) in [5.74, 6) is 0. The maximum atomic E-state index is 2.42. The average Bonchev–Trinajstić information content (AvgIpc) is 3.67. The number of nitrogens with zero attached hydrogens (tertiary/aromatic N) is 2. The molecule has 0 fully saturated rings. The average molecular weight is 559 g/mol. The highest BCUT2D eigenvalue weighted by Gasteiger charge is 2.17. The molecule has 0 atom stereocenters. The number of benzene rings is 8. The third-order valence-electron chi connectivity index (χ3n) is 9.48. The lowest BCUT2D eigenvalue weighted by Gasteiger charge is -2.15. The van der Waals surface area contributed by atoms with Crippen LogP contribution in [0.4, 0.5) is 0 Å². The van der Waals surface area contributed by atoms with E-state index in [0.717, 1.165) is 5.69 Å². The van der Waals surface area contributed by atoms with Crippen LogP contribution in [0, 0.1) is 0 Å². The van der Waals surface area contributed by atoms with Crippen molar-refractivity contribution in [2.75, 3.05) is 0 Å². The van der Waals surface area contributed by atoms with E-state index < -0.39 is 0 Å². The first-order chi connectivity index (χ1) is 21.8. The first kappa shape index (κ1) is 23.7. The second kappa shape index (κ2) is 8.82. The fourth-order valence-corrected chi connectivity index (χ4v) is 7.56. The van der Waals surface area contributed by atoms with Crippen LogP contribution in [0.5, 0.6) is 0 Å². The maximum Gasteiger partial charge on any atom is 0.0635 e. The first-order valence-electron chi connectivity index (χ1n) is 15.2. The quantitative estimate of drug-likeness (QED) is 0.191. The highest BCUT2D eigenvalue weighted by atomic mass is 15.0. The monoisotopic (exact) mass is 558 g/mol. The van der Waals surface area contributed by atoms with Gasteiger partial charge in [0, 0.05) is 33.7 Å². The van der Waals surface area contributed by atoms with Crippen molar-refractivity contribution in [3.05, 3.63) is 158 Å². The molecule has 0 radical (unpaired) electrons. The van der Waals surface area contributed by atoms with Crippen LogP contribution in [0.25, 0.3) is 87.5 Å². The second-order valence-corrected chi connectivity index (χ2v) is 11.8. The molecule has 10 rings (SSSR count). The SMILES string of the molecule is c1ccc(-n2c3ccccc3c3ccc4c(ccn4-c4cccc(-c5ccc6ccc7cccc8ccc5c6c78)c4)c32)cc1. The van der Waals surface area contributed by atoms with E-state index in [4.69, 9.17) is 0 Å². The van der Waals surface area contributed by atoms with Crippen molar-refractivity contribution in [2.45, 2.75) is 0 Å². The van der Waals surface area contributed by atoms with Gasteiger partial charge in [0.25, 0.3) is 0 Å². The highest BCUT2D eigenvalue weighted by molar-refractivity contribution is 6.25. The molecule has 0 aliphatic carbocycles. The van der Waals surface area contributed by atoms with Gasteiger partial charge in [0.2, 0.25) is 0 Å². The minimum Gasteiger partial charge on any atom is -0.316 e. The van der Waals surface area contributed by atoms with E-state index in [-0.39, 0.29) is 0 Å². The Morgan fingerprint density at radius 3 is 1.98 bits per heavy atom. The zero-order valence-corrected chi connectivity index (χ0v) is 23.9. The first-order valence-corrected chi connectivity index (χ1v) is 15.2. The summed E-state index contributed by atoms with van der Waals surface area (Å²) >= 11 is 0. The molecular weight excluding hydrogens is 532 g/mol. The molecule has 10 aromatic rings. The Hall–Kier alpha value is -5.86. The summed E-state index contributed by atoms with van der Waals surface area (Å²) in [6, 6.07) is 55.5. The van der Waals surface area contributed by atoms with Crippen molar-refractivity contribution >= 4 is 65.0 Å². The summed E-state index contributed by atoms with van der Waals surface area (Å²) in [6.45, 7) is 0. The number of aromatic nitrogens is 2. The topological polar surface area (TPSA) is 9.86 Å². The number of para-hydroxylation sites is 2. The van der Waals surface area contributed by atoms with Crippen LogP contribution in [0.2, 0.25) is 0 Å². The van der Waals surface area contributed by atoms with Gasteiger partial charge in [-0.05, 0) is 85.9 Å². The van der Waals surface area contributed by atoms with Gasteiger partial charge in [-0.3, -0.25) is 0 Å². The summed E-state index contributed by atoms with van der Waals surface area (Å²) < 4.78 is 4.75. The third-order valence-corrected chi connectivity index (χ3v) is 9.48. The molecule has 0 N–H and O–H groups in total. The number of rotatable bonds is 3. The lowest BCUT2D eigenvalue weighted by molar-refractivity contribution is 1.13. The number of fused-ring (bicyclic) bond motifs is 5. The van der Waals surface area contributed by atoms with E-state index in [9.17, 15) is 0 Å². The Kier molecular flexibility index (Phi) is 4.75. The minimum absolute atomic E-state index is 1.16. The van der Waals surface area contributed by atoms with Crippen LogP contribution in [-0.2, 0) is 0 Å². The minimum atomic E-state index is 1.16. The Morgan fingerprint density at radius 1 is 0.386 bits per heavy atom. The van der Waals surface area contributed by atoms with Crippen LogP contribution in [0.3, 0.4) is 0 Å². The van der Waals surface area contributed by atoms with E-state index in [1.165, 1.54) is 81.8 Å². The normalized spacial score (nSPS) is 12.1. The van der Waals surface area contributed by atoms with Crippen LogP contribution >= 0.6 is 0 Å². The number of hydrogen-bond acceptors (Lipinski definition) is 0. The molecule has 0 spiro atoms. The molecule has 0 saturated heterocycles. The summed E-state index contributed by atoms with van der Waals surface area (Å²) in [5.41, 5.74) is 8.49. The van der Waals surface area contributed by atoms with Crippen molar-refractivity contribution in [3.63, 3.8) is 0 Å². The zero-order valence-electron chi connectivity index (χ0n) is 23.9. The van der Waals surface area contributed by atoms with Crippen molar-refractivity contribution in [1.82, 2.24) is 9.13 Å². The molecule has 0 bridgehead atoms. The fraction of sp³-hybridized carbons (Fsp3) is 0. The smallest absolute Gasteiger partial charge is 0.0635 e. The Morgan fingerprint density at radius 2 is 1.09 bits per heavy atom. The fourth-order valence-electron chi connectivity index (χ4n) is 7.56. The molecule has 2 heterocycles. The molecule has 0 amide bonds. The van der Waals surface area contributed by atoms with E-state index in [1.807, 2.05) is 0 Å². The maximum absolute atomic E-state index is 2.42. The van der Waals surface area contributed by atoms with Gasteiger partial charge in [0.05, 0.1) is 16.6 Å². The lowest BCUT2D eigenvalue weighted by atomic mass is 9.90. The Bertz CT molecular complexity index is 2690. The van der Waals surface area contributed by atoms with E-state index in [1.54, 1.807) is 0 Å². The molecule has 2 nitrogen and oxygen atoms in total. The van der Waals surface area contributed by atoms with Crippen LogP contribution in [-0.4, -0.2) is 9.13 Å². The Balaban J connectivity index is 1.19. The molecule has 8 aromatic carbocycles.